The number of rotatable bonds is 2. The zero-order chi connectivity index (χ0) is 27.4. The number of imidazole rings is 2. The Morgan fingerprint density at radius 3 is 1.45 bits per heavy atom. The van der Waals surface area contributed by atoms with Crippen molar-refractivity contribution in [3.05, 3.63) is 104 Å². The predicted molar refractivity (Wildman–Crippen MR) is 156 cm³/mol. The van der Waals surface area contributed by atoms with Gasteiger partial charge in [-0.2, -0.15) is 9.97 Å². The highest BCUT2D eigenvalue weighted by Gasteiger charge is 2.27. The first-order valence-corrected chi connectivity index (χ1v) is 14.3. The number of aryl methyl sites for hydroxylation is 2. The third-order valence-electron chi connectivity index (χ3n) is 7.59. The predicted octanol–water partition coefficient (Wildman–Crippen LogP) is 7.34. The van der Waals surface area contributed by atoms with Gasteiger partial charge in [-0.15, -0.1) is 0 Å². The molecule has 0 bridgehead atoms. The van der Waals surface area contributed by atoms with Gasteiger partial charge in [0.25, 0.3) is 0 Å². The fourth-order valence-electron chi connectivity index (χ4n) is 5.88. The van der Waals surface area contributed by atoms with Crippen molar-refractivity contribution in [1.29, 1.82) is 0 Å². The lowest BCUT2D eigenvalue weighted by Gasteiger charge is -2.14. The van der Waals surface area contributed by atoms with Crippen molar-refractivity contribution in [2.75, 3.05) is 0 Å². The molecule has 40 heavy (non-hydrogen) atoms. The lowest BCUT2D eigenvalue weighted by Crippen LogP contribution is -2.06. The van der Waals surface area contributed by atoms with E-state index < -0.39 is 0 Å². The van der Waals surface area contributed by atoms with E-state index >= 15 is 0 Å². The molecule has 0 unspecified atom stereocenters. The minimum absolute atomic E-state index is 0.125. The van der Waals surface area contributed by atoms with Gasteiger partial charge in [0, 0.05) is 0 Å². The molecule has 2 atom stereocenters. The Morgan fingerprint density at radius 1 is 0.575 bits per heavy atom. The van der Waals surface area contributed by atoms with E-state index in [9.17, 15) is 0 Å². The van der Waals surface area contributed by atoms with E-state index in [-0.39, 0.29) is 22.7 Å². The van der Waals surface area contributed by atoms with Crippen LogP contribution in [0.5, 0.6) is 0 Å². The first-order chi connectivity index (χ1) is 19.5. The van der Waals surface area contributed by atoms with Crippen LogP contribution in [0.15, 0.2) is 61.2 Å². The molecule has 0 amide bonds. The molecular weight excluding hydrogens is 590 g/mol. The molecule has 4 heterocycles. The summed E-state index contributed by atoms with van der Waals surface area (Å²) in [4.78, 5) is 24.9. The van der Waals surface area contributed by atoms with Gasteiger partial charge in [0.1, 0.15) is 11.0 Å². The van der Waals surface area contributed by atoms with E-state index in [4.69, 9.17) is 46.4 Å². The lowest BCUT2D eigenvalue weighted by atomic mass is 10.1. The number of aromatic nitrogens is 8. The standard InChI is InChI=1S/2C14H10Cl2N4/c2*15-12-11-13(19-14(16)18-12)17-7-20(11)10-6-5-8-3-1-2-4-9(8)10/h2*1-4,7,10H,5-6H2/t2*10-/m10/s1. The maximum atomic E-state index is 6.22. The first kappa shape index (κ1) is 25.7. The summed E-state index contributed by atoms with van der Waals surface area (Å²) >= 11 is 24.1. The van der Waals surface area contributed by atoms with Gasteiger partial charge >= 0.3 is 0 Å². The number of benzene rings is 2. The summed E-state index contributed by atoms with van der Waals surface area (Å²) in [5.74, 6) is 0. The van der Waals surface area contributed by atoms with Crippen LogP contribution < -0.4 is 0 Å². The van der Waals surface area contributed by atoms with Crippen LogP contribution in [0.1, 0.15) is 47.2 Å². The molecular formula is C28H20Cl4N8. The van der Waals surface area contributed by atoms with Crippen LogP contribution in [0.4, 0.5) is 0 Å². The topological polar surface area (TPSA) is 87.2 Å². The summed E-state index contributed by atoms with van der Waals surface area (Å²) in [5, 5.41) is 0.947. The Kier molecular flexibility index (Phi) is 6.59. The van der Waals surface area contributed by atoms with E-state index in [0.717, 1.165) is 36.7 Å². The molecule has 4 aromatic heterocycles. The van der Waals surface area contributed by atoms with Crippen LogP contribution in [-0.4, -0.2) is 39.0 Å². The number of hydrogen-bond donors (Lipinski definition) is 0. The van der Waals surface area contributed by atoms with Crippen molar-refractivity contribution < 1.29 is 0 Å². The molecule has 8 nitrogen and oxygen atoms in total. The van der Waals surface area contributed by atoms with Crippen molar-refractivity contribution in [2.45, 2.75) is 37.8 Å². The summed E-state index contributed by atoms with van der Waals surface area (Å²) in [7, 11) is 0. The zero-order valence-electron chi connectivity index (χ0n) is 20.8. The average molecular weight is 610 g/mol. The van der Waals surface area contributed by atoms with Gasteiger partial charge in [0.2, 0.25) is 10.6 Å². The van der Waals surface area contributed by atoms with Crippen LogP contribution >= 0.6 is 46.4 Å². The van der Waals surface area contributed by atoms with Gasteiger partial charge in [-0.25, -0.2) is 19.9 Å². The fraction of sp³-hybridized carbons (Fsp3) is 0.214. The zero-order valence-corrected chi connectivity index (χ0v) is 23.9. The molecule has 200 valence electrons. The second-order valence-electron chi connectivity index (χ2n) is 9.72. The molecule has 2 aliphatic rings. The van der Waals surface area contributed by atoms with Gasteiger partial charge in [-0.05, 0) is 71.1 Å². The first-order valence-electron chi connectivity index (χ1n) is 12.7. The van der Waals surface area contributed by atoms with Gasteiger partial charge in [-0.1, -0.05) is 71.7 Å². The van der Waals surface area contributed by atoms with Crippen molar-refractivity contribution >= 4 is 68.7 Å². The maximum Gasteiger partial charge on any atom is 0.225 e. The van der Waals surface area contributed by atoms with Crippen molar-refractivity contribution in [2.24, 2.45) is 0 Å². The monoisotopic (exact) mass is 608 g/mol. The quantitative estimate of drug-likeness (QED) is 0.151. The number of hydrogen-bond acceptors (Lipinski definition) is 6. The molecule has 8 rings (SSSR count). The molecule has 0 saturated carbocycles. The molecule has 12 heteroatoms. The molecule has 0 aliphatic heterocycles. The van der Waals surface area contributed by atoms with Gasteiger partial charge in [0.05, 0.1) is 24.7 Å². The third kappa shape index (κ3) is 4.39. The molecule has 0 fully saturated rings. The van der Waals surface area contributed by atoms with Crippen molar-refractivity contribution in [3.8, 4) is 0 Å². The second-order valence-corrected chi connectivity index (χ2v) is 11.1. The van der Waals surface area contributed by atoms with E-state index in [1.54, 1.807) is 12.7 Å². The minimum atomic E-state index is 0.125. The van der Waals surface area contributed by atoms with E-state index in [1.807, 2.05) is 0 Å². The van der Waals surface area contributed by atoms with Crippen molar-refractivity contribution in [3.63, 3.8) is 0 Å². The molecule has 2 aromatic carbocycles. The highest BCUT2D eigenvalue weighted by atomic mass is 35.5. The molecule has 6 aromatic rings. The number of halogens is 4. The third-order valence-corrected chi connectivity index (χ3v) is 8.46. The Balaban J connectivity index is 0.000000132. The van der Waals surface area contributed by atoms with E-state index in [0.29, 0.717) is 21.6 Å². The van der Waals surface area contributed by atoms with Crippen LogP contribution in [0.25, 0.3) is 22.3 Å². The summed E-state index contributed by atoms with van der Waals surface area (Å²) in [6.07, 6.45) is 7.73. The highest BCUT2D eigenvalue weighted by molar-refractivity contribution is 6.35. The lowest BCUT2D eigenvalue weighted by molar-refractivity contribution is 0.594. The molecule has 0 N–H and O–H groups in total. The fourth-order valence-corrected chi connectivity index (χ4v) is 6.82. The van der Waals surface area contributed by atoms with Crippen LogP contribution in [0.3, 0.4) is 0 Å². The van der Waals surface area contributed by atoms with Crippen molar-refractivity contribution in [1.82, 2.24) is 39.0 Å². The Morgan fingerprint density at radius 2 is 1.00 bits per heavy atom. The molecule has 0 spiro atoms. The number of fused-ring (bicyclic) bond motifs is 4. The Hall–Kier alpha value is -3.30. The Bertz CT molecular complexity index is 1760. The minimum Gasteiger partial charge on any atom is -0.319 e. The SMILES string of the molecule is Clc1nc(Cl)c2c(ncn2[C@@H]2CCc3ccccc32)n1.Clc1nc(Cl)c2c(ncn2[C@H]2CCc3ccccc32)n1. The van der Waals surface area contributed by atoms with Crippen LogP contribution in [-0.2, 0) is 12.8 Å². The van der Waals surface area contributed by atoms with Crippen LogP contribution in [0.2, 0.25) is 20.9 Å². The van der Waals surface area contributed by atoms with E-state index in [2.05, 4.69) is 87.6 Å². The highest BCUT2D eigenvalue weighted by Crippen LogP contribution is 2.38. The molecule has 2 aliphatic carbocycles. The summed E-state index contributed by atoms with van der Waals surface area (Å²) in [5.41, 5.74) is 7.97. The van der Waals surface area contributed by atoms with Gasteiger partial charge in [0.15, 0.2) is 21.6 Å². The van der Waals surface area contributed by atoms with Crippen LogP contribution in [0, 0.1) is 0 Å². The average Bonchev–Trinajstić information content (AvgIpc) is 3.72. The number of nitrogens with zero attached hydrogens (tertiary/aromatic N) is 8. The van der Waals surface area contributed by atoms with E-state index in [1.165, 1.54) is 22.3 Å². The normalized spacial score (nSPS) is 17.6. The maximum absolute atomic E-state index is 6.22. The second kappa shape index (κ2) is 10.3. The molecule has 0 radical (unpaired) electrons. The summed E-state index contributed by atoms with van der Waals surface area (Å²) < 4.78 is 4.11. The molecule has 0 saturated heterocycles. The smallest absolute Gasteiger partial charge is 0.225 e. The summed E-state index contributed by atoms with van der Waals surface area (Å²) in [6, 6.07) is 17.4. The largest absolute Gasteiger partial charge is 0.319 e. The van der Waals surface area contributed by atoms with Gasteiger partial charge in [-0.3, -0.25) is 0 Å². The van der Waals surface area contributed by atoms with Gasteiger partial charge < -0.3 is 9.13 Å². The Labute approximate surface area is 249 Å². The summed E-state index contributed by atoms with van der Waals surface area (Å²) in [6.45, 7) is 0.